The molecule has 2 aromatic heterocycles. The molecule has 0 N–H and O–H groups in total. The van der Waals surface area contributed by atoms with Gasteiger partial charge in [-0.05, 0) is 54.5 Å². The van der Waals surface area contributed by atoms with Gasteiger partial charge >= 0.3 is 5.63 Å². The van der Waals surface area contributed by atoms with Crippen molar-refractivity contribution in [2.24, 2.45) is 0 Å². The third-order valence-corrected chi connectivity index (χ3v) is 6.19. The molecule has 0 spiro atoms. The molecule has 0 saturated carbocycles. The molecule has 0 unspecified atom stereocenters. The number of methoxy groups -OCH3 is 1. The molecule has 34 heavy (non-hydrogen) atoms. The number of thiazole rings is 1. The Kier molecular flexibility index (Phi) is 7.31. The summed E-state index contributed by atoms with van der Waals surface area (Å²) in [5, 5.41) is 13.2. The Bertz CT molecular complexity index is 1470. The van der Waals surface area contributed by atoms with Crippen LogP contribution in [0.1, 0.15) is 30.3 Å². The molecular weight excluding hydrogens is 472 g/mol. The average Bonchev–Trinajstić information content (AvgIpc) is 3.33. The third-order valence-electron chi connectivity index (χ3n) is 5.08. The summed E-state index contributed by atoms with van der Waals surface area (Å²) in [7, 11) is 1.58. The maximum Gasteiger partial charge on any atom is 0.345 e. The molecule has 8 heteroatoms. The summed E-state index contributed by atoms with van der Waals surface area (Å²) in [6.45, 7) is 2.71. The highest BCUT2D eigenvalue weighted by atomic mass is 35.5. The van der Waals surface area contributed by atoms with Gasteiger partial charge in [0.1, 0.15) is 16.7 Å². The zero-order chi connectivity index (χ0) is 24.1. The fraction of sp³-hybridized carbons (Fsp3) is 0.192. The van der Waals surface area contributed by atoms with E-state index in [4.69, 9.17) is 25.5 Å². The van der Waals surface area contributed by atoms with Crippen LogP contribution >= 0.6 is 22.9 Å². The van der Waals surface area contributed by atoms with Gasteiger partial charge < -0.3 is 13.9 Å². The second-order valence-electron chi connectivity index (χ2n) is 7.45. The van der Waals surface area contributed by atoms with E-state index in [1.807, 2.05) is 18.2 Å². The predicted molar refractivity (Wildman–Crippen MR) is 135 cm³/mol. The Morgan fingerprint density at radius 3 is 2.85 bits per heavy atom. The average molecular weight is 493 g/mol. The molecular formula is C26H21ClN2O4S. The van der Waals surface area contributed by atoms with Gasteiger partial charge in [0.25, 0.3) is 0 Å². The number of nitrogens with zero attached hydrogens (tertiary/aromatic N) is 2. The Hall–Kier alpha value is -3.60. The van der Waals surface area contributed by atoms with Gasteiger partial charge in [-0.2, -0.15) is 5.26 Å². The summed E-state index contributed by atoms with van der Waals surface area (Å²) < 4.78 is 16.6. The number of benzene rings is 2. The molecule has 4 rings (SSSR count). The van der Waals surface area contributed by atoms with Crippen molar-refractivity contribution in [2.75, 3.05) is 13.7 Å². The number of fused-ring (bicyclic) bond motifs is 1. The number of halogens is 1. The lowest BCUT2D eigenvalue weighted by atomic mass is 10.1. The highest BCUT2D eigenvalue weighted by Gasteiger charge is 2.14. The van der Waals surface area contributed by atoms with E-state index >= 15 is 0 Å². The van der Waals surface area contributed by atoms with E-state index in [2.05, 4.69) is 18.0 Å². The molecule has 0 aliphatic carbocycles. The normalized spacial score (nSPS) is 11.4. The van der Waals surface area contributed by atoms with E-state index in [9.17, 15) is 10.1 Å². The predicted octanol–water partition coefficient (Wildman–Crippen LogP) is 6.82. The van der Waals surface area contributed by atoms with Gasteiger partial charge in [-0.3, -0.25) is 0 Å². The van der Waals surface area contributed by atoms with E-state index in [1.54, 1.807) is 42.8 Å². The lowest BCUT2D eigenvalue weighted by Crippen LogP contribution is -2.02. The molecule has 0 bridgehead atoms. The van der Waals surface area contributed by atoms with Crippen molar-refractivity contribution in [3.05, 3.63) is 73.9 Å². The second-order valence-corrected chi connectivity index (χ2v) is 8.74. The van der Waals surface area contributed by atoms with Crippen LogP contribution in [0.25, 0.3) is 33.9 Å². The standard InChI is InChI=1S/C26H21ClN2O4S/c1-3-4-9-32-23-7-5-16(11-24(23)31-2)10-18(14-28)25-29-21(15-34-25)20-13-17-12-19(27)6-8-22(17)33-26(20)30/h5-8,10-13,15H,3-4,9H2,1-2H3/b18-10+. The van der Waals surface area contributed by atoms with Crippen LogP contribution < -0.4 is 15.1 Å². The molecule has 0 saturated heterocycles. The van der Waals surface area contributed by atoms with Crippen LogP contribution in [0.15, 0.2) is 57.1 Å². The van der Waals surface area contributed by atoms with Crippen molar-refractivity contribution in [3.8, 4) is 28.8 Å². The first kappa shape index (κ1) is 23.6. The minimum Gasteiger partial charge on any atom is -0.493 e. The van der Waals surface area contributed by atoms with E-state index in [0.29, 0.717) is 55.9 Å². The second kappa shape index (κ2) is 10.6. The molecule has 172 valence electrons. The Morgan fingerprint density at radius 1 is 1.24 bits per heavy atom. The topological polar surface area (TPSA) is 85.4 Å². The van der Waals surface area contributed by atoms with Gasteiger partial charge in [-0.15, -0.1) is 11.3 Å². The zero-order valence-corrected chi connectivity index (χ0v) is 20.2. The van der Waals surface area contributed by atoms with Gasteiger partial charge in [-0.1, -0.05) is 31.0 Å². The van der Waals surface area contributed by atoms with Crippen LogP contribution in [0, 0.1) is 11.3 Å². The van der Waals surface area contributed by atoms with E-state index < -0.39 is 5.63 Å². The number of rotatable bonds is 8. The van der Waals surface area contributed by atoms with Gasteiger partial charge in [0, 0.05) is 15.8 Å². The monoisotopic (exact) mass is 492 g/mol. The summed E-state index contributed by atoms with van der Waals surface area (Å²) >= 11 is 7.34. The smallest absolute Gasteiger partial charge is 0.345 e. The van der Waals surface area contributed by atoms with Gasteiger partial charge in [0.2, 0.25) is 0 Å². The molecule has 0 radical (unpaired) electrons. The first-order chi connectivity index (χ1) is 16.5. The van der Waals surface area contributed by atoms with Crippen LogP contribution in [0.2, 0.25) is 5.02 Å². The van der Waals surface area contributed by atoms with Crippen LogP contribution in [0.5, 0.6) is 11.5 Å². The number of aromatic nitrogens is 1. The van der Waals surface area contributed by atoms with E-state index in [-0.39, 0.29) is 0 Å². The lowest BCUT2D eigenvalue weighted by Gasteiger charge is -2.11. The third kappa shape index (κ3) is 5.14. The summed E-state index contributed by atoms with van der Waals surface area (Å²) in [4.78, 5) is 17.0. The Balaban J connectivity index is 1.65. The first-order valence-electron chi connectivity index (χ1n) is 10.6. The molecule has 0 fully saturated rings. The van der Waals surface area contributed by atoms with Crippen molar-refractivity contribution in [3.63, 3.8) is 0 Å². The molecule has 6 nitrogen and oxygen atoms in total. The van der Waals surface area contributed by atoms with Crippen molar-refractivity contribution in [1.29, 1.82) is 5.26 Å². The Morgan fingerprint density at radius 2 is 2.09 bits per heavy atom. The maximum absolute atomic E-state index is 12.5. The van der Waals surface area contributed by atoms with Crippen LogP contribution in [0.3, 0.4) is 0 Å². The van der Waals surface area contributed by atoms with E-state index in [0.717, 1.165) is 18.4 Å². The summed E-state index contributed by atoms with van der Waals surface area (Å²) in [6.07, 6.45) is 3.72. The summed E-state index contributed by atoms with van der Waals surface area (Å²) in [5.74, 6) is 1.25. The largest absolute Gasteiger partial charge is 0.493 e. The van der Waals surface area contributed by atoms with E-state index in [1.165, 1.54) is 11.3 Å². The fourth-order valence-corrected chi connectivity index (χ4v) is 4.29. The SMILES string of the molecule is CCCCOc1ccc(/C=C(\C#N)c2nc(-c3cc4cc(Cl)ccc4oc3=O)cs2)cc1OC. The molecule has 0 aliphatic rings. The molecule has 2 heterocycles. The van der Waals surface area contributed by atoms with Gasteiger partial charge in [0.05, 0.1) is 30.5 Å². The van der Waals surface area contributed by atoms with Crippen molar-refractivity contribution < 1.29 is 13.9 Å². The lowest BCUT2D eigenvalue weighted by molar-refractivity contribution is 0.288. The summed E-state index contributed by atoms with van der Waals surface area (Å²) in [6, 6.07) is 14.4. The Labute approximate surface area is 205 Å². The quantitative estimate of drug-likeness (QED) is 0.152. The van der Waals surface area contributed by atoms with Crippen LogP contribution in [0.4, 0.5) is 0 Å². The number of allylic oxidation sites excluding steroid dienone is 1. The molecule has 0 amide bonds. The number of nitriles is 1. The minimum atomic E-state index is -0.502. The fourth-order valence-electron chi connectivity index (χ4n) is 3.32. The number of hydrogen-bond acceptors (Lipinski definition) is 7. The number of hydrogen-bond donors (Lipinski definition) is 0. The molecule has 4 aromatic rings. The van der Waals surface area contributed by atoms with Crippen LogP contribution in [-0.4, -0.2) is 18.7 Å². The van der Waals surface area contributed by atoms with Crippen LogP contribution in [-0.2, 0) is 0 Å². The molecule has 0 atom stereocenters. The minimum absolute atomic E-state index is 0.310. The van der Waals surface area contributed by atoms with Crippen molar-refractivity contribution in [1.82, 2.24) is 4.98 Å². The zero-order valence-electron chi connectivity index (χ0n) is 18.6. The van der Waals surface area contributed by atoms with Crippen molar-refractivity contribution in [2.45, 2.75) is 19.8 Å². The first-order valence-corrected chi connectivity index (χ1v) is 11.9. The summed E-state index contributed by atoms with van der Waals surface area (Å²) in [5.41, 5.74) is 1.83. The highest BCUT2D eigenvalue weighted by Crippen LogP contribution is 2.32. The maximum atomic E-state index is 12.5. The number of unbranched alkanes of at least 4 members (excludes halogenated alkanes) is 1. The molecule has 2 aromatic carbocycles. The number of ether oxygens (including phenoxy) is 2. The molecule has 0 aliphatic heterocycles. The van der Waals surface area contributed by atoms with Gasteiger partial charge in [0.15, 0.2) is 11.5 Å². The van der Waals surface area contributed by atoms with Gasteiger partial charge in [-0.25, -0.2) is 9.78 Å². The van der Waals surface area contributed by atoms with Crippen molar-refractivity contribution >= 4 is 45.6 Å². The highest BCUT2D eigenvalue weighted by molar-refractivity contribution is 7.11.